The first kappa shape index (κ1) is 13.1. The number of alkyl halides is 3. The number of hydrogen-bond donors (Lipinski definition) is 1. The van der Waals surface area contributed by atoms with Crippen LogP contribution < -0.4 is 4.72 Å². The molecule has 7 heteroatoms. The first-order valence-electron chi connectivity index (χ1n) is 5.78. The second-order valence-electron chi connectivity index (χ2n) is 4.33. The summed E-state index contributed by atoms with van der Waals surface area (Å²) >= 11 is 0.883. The van der Waals surface area contributed by atoms with E-state index in [1.807, 2.05) is 0 Å². The lowest BCUT2D eigenvalue weighted by Gasteiger charge is -2.14. The molecule has 0 aromatic heterocycles. The molecule has 20 heavy (non-hydrogen) atoms. The summed E-state index contributed by atoms with van der Waals surface area (Å²) in [6.45, 7) is 0. The predicted molar refractivity (Wildman–Crippen MR) is 71.9 cm³/mol. The predicted octanol–water partition coefficient (Wildman–Crippen LogP) is 3.90. The van der Waals surface area contributed by atoms with Crippen LogP contribution in [0.4, 0.5) is 13.2 Å². The quantitative estimate of drug-likeness (QED) is 0.674. The van der Waals surface area contributed by atoms with E-state index in [0.29, 0.717) is 11.2 Å². The molecule has 0 saturated heterocycles. The van der Waals surface area contributed by atoms with Crippen LogP contribution in [0.2, 0.25) is 0 Å². The van der Waals surface area contributed by atoms with E-state index in [0.717, 1.165) is 17.6 Å². The molecule has 0 atom stereocenters. The van der Waals surface area contributed by atoms with Crippen molar-refractivity contribution in [2.45, 2.75) is 12.6 Å². The van der Waals surface area contributed by atoms with E-state index in [4.69, 9.17) is 0 Å². The van der Waals surface area contributed by atoms with Crippen molar-refractivity contribution in [3.05, 3.63) is 47.5 Å². The zero-order chi connectivity index (χ0) is 14.2. The zero-order valence-corrected chi connectivity index (χ0v) is 10.9. The summed E-state index contributed by atoms with van der Waals surface area (Å²) in [5, 5.41) is 4.97. The summed E-state index contributed by atoms with van der Waals surface area (Å²) in [6.07, 6.45) is -4.35. The molecule has 1 N–H and O–H groups in total. The standard InChI is InChI=1S/C13H9F3N2OS/c14-13(15,16)11-6-9-4-2-1-3-8(9)5-10(11)7-12-17-19-20-18-12/h1-6H,7H2,(H,17,18). The van der Waals surface area contributed by atoms with Gasteiger partial charge in [-0.05, 0) is 22.4 Å². The lowest BCUT2D eigenvalue weighted by Crippen LogP contribution is -2.17. The smallest absolute Gasteiger partial charge is 0.297 e. The van der Waals surface area contributed by atoms with Gasteiger partial charge in [-0.2, -0.15) is 13.2 Å². The second-order valence-corrected chi connectivity index (χ2v) is 4.85. The maximum absolute atomic E-state index is 13.2. The Bertz CT molecular complexity index is 685. The maximum atomic E-state index is 13.2. The summed E-state index contributed by atoms with van der Waals surface area (Å²) in [5.74, 6) is 0.371. The van der Waals surface area contributed by atoms with Crippen molar-refractivity contribution in [3.63, 3.8) is 0 Å². The van der Waals surface area contributed by atoms with Gasteiger partial charge in [-0.3, -0.25) is 9.01 Å². The van der Waals surface area contributed by atoms with Gasteiger partial charge in [-0.1, -0.05) is 35.5 Å². The van der Waals surface area contributed by atoms with Crippen molar-refractivity contribution >= 4 is 28.8 Å². The molecule has 1 aliphatic heterocycles. The molecule has 1 aliphatic rings. The minimum atomic E-state index is -4.40. The van der Waals surface area contributed by atoms with Crippen LogP contribution in [0.3, 0.4) is 0 Å². The fourth-order valence-electron chi connectivity index (χ4n) is 2.10. The molecule has 0 unspecified atom stereocenters. The number of amidine groups is 1. The van der Waals surface area contributed by atoms with Crippen LogP contribution in [0.15, 0.2) is 41.6 Å². The fraction of sp³-hybridized carbons (Fsp3) is 0.154. The summed E-state index contributed by atoms with van der Waals surface area (Å²) < 4.78 is 46.8. The topological polar surface area (TPSA) is 33.6 Å². The van der Waals surface area contributed by atoms with Gasteiger partial charge in [-0.25, -0.2) is 0 Å². The van der Waals surface area contributed by atoms with Crippen LogP contribution >= 0.6 is 12.2 Å². The van der Waals surface area contributed by atoms with E-state index in [1.165, 1.54) is 6.07 Å². The third kappa shape index (κ3) is 2.53. The summed E-state index contributed by atoms with van der Waals surface area (Å²) in [4.78, 5) is 0. The number of benzene rings is 2. The molecular formula is C13H9F3N2OS. The van der Waals surface area contributed by atoms with Crippen molar-refractivity contribution in [1.29, 1.82) is 0 Å². The molecular weight excluding hydrogens is 289 g/mol. The normalized spacial score (nSPS) is 14.8. The highest BCUT2D eigenvalue weighted by molar-refractivity contribution is 7.93. The molecule has 2 aromatic carbocycles. The van der Waals surface area contributed by atoms with Crippen molar-refractivity contribution < 1.29 is 17.5 Å². The van der Waals surface area contributed by atoms with Gasteiger partial charge in [-0.15, -0.1) is 0 Å². The van der Waals surface area contributed by atoms with Gasteiger partial charge in [0.05, 0.1) is 5.56 Å². The van der Waals surface area contributed by atoms with Gasteiger partial charge >= 0.3 is 6.18 Å². The van der Waals surface area contributed by atoms with Gasteiger partial charge in [0.25, 0.3) is 0 Å². The van der Waals surface area contributed by atoms with Gasteiger partial charge in [0.2, 0.25) is 12.2 Å². The Morgan fingerprint density at radius 2 is 1.85 bits per heavy atom. The van der Waals surface area contributed by atoms with Crippen LogP contribution in [-0.4, -0.2) is 5.84 Å². The van der Waals surface area contributed by atoms with Crippen LogP contribution in [-0.2, 0) is 16.9 Å². The first-order chi connectivity index (χ1) is 9.54. The average Bonchev–Trinajstić information content (AvgIpc) is 2.89. The van der Waals surface area contributed by atoms with E-state index in [2.05, 4.69) is 14.2 Å². The molecule has 0 aliphatic carbocycles. The summed E-state index contributed by atoms with van der Waals surface area (Å²) in [6, 6.07) is 9.69. The molecule has 0 bridgehead atoms. The fourth-order valence-corrected chi connectivity index (χ4v) is 2.47. The monoisotopic (exact) mass is 298 g/mol. The van der Waals surface area contributed by atoms with E-state index >= 15 is 0 Å². The minimum absolute atomic E-state index is 0.0483. The van der Waals surface area contributed by atoms with E-state index in [-0.39, 0.29) is 12.0 Å². The zero-order valence-electron chi connectivity index (χ0n) is 10.1. The van der Waals surface area contributed by atoms with Crippen LogP contribution in [0.25, 0.3) is 10.8 Å². The van der Waals surface area contributed by atoms with Gasteiger partial charge in [0.15, 0.2) is 5.84 Å². The van der Waals surface area contributed by atoms with Gasteiger partial charge in [0, 0.05) is 6.42 Å². The SMILES string of the molecule is FC(F)(F)c1cc2ccccc2cc1CC1=NOSN1. The molecule has 0 radical (unpaired) electrons. The number of hydrogen-bond acceptors (Lipinski definition) is 4. The van der Waals surface area contributed by atoms with Crippen LogP contribution in [0.1, 0.15) is 11.1 Å². The third-order valence-corrected chi connectivity index (χ3v) is 3.45. The second kappa shape index (κ2) is 4.90. The van der Waals surface area contributed by atoms with Crippen LogP contribution in [0, 0.1) is 0 Å². The minimum Gasteiger partial charge on any atom is -0.297 e. The molecule has 0 fully saturated rings. The molecule has 1 heterocycles. The highest BCUT2D eigenvalue weighted by atomic mass is 32.2. The third-order valence-electron chi connectivity index (χ3n) is 2.98. The van der Waals surface area contributed by atoms with Gasteiger partial charge in [0.1, 0.15) is 0 Å². The number of halogens is 3. The van der Waals surface area contributed by atoms with E-state index in [1.54, 1.807) is 30.3 Å². The summed E-state index contributed by atoms with van der Waals surface area (Å²) in [7, 11) is 0. The number of fused-ring (bicyclic) bond motifs is 1. The van der Waals surface area contributed by atoms with Crippen molar-refractivity contribution in [1.82, 2.24) is 4.72 Å². The van der Waals surface area contributed by atoms with E-state index in [9.17, 15) is 13.2 Å². The average molecular weight is 298 g/mol. The van der Waals surface area contributed by atoms with Crippen molar-refractivity contribution in [2.75, 3.05) is 0 Å². The number of rotatable bonds is 2. The number of nitrogens with one attached hydrogen (secondary N) is 1. The molecule has 104 valence electrons. The van der Waals surface area contributed by atoms with E-state index < -0.39 is 11.7 Å². The maximum Gasteiger partial charge on any atom is 0.416 e. The highest BCUT2D eigenvalue weighted by Gasteiger charge is 2.34. The van der Waals surface area contributed by atoms with Crippen LogP contribution in [0.5, 0.6) is 0 Å². The largest absolute Gasteiger partial charge is 0.416 e. The Morgan fingerprint density at radius 3 is 2.45 bits per heavy atom. The number of oxime groups is 1. The summed E-state index contributed by atoms with van der Waals surface area (Å²) in [5.41, 5.74) is -0.467. The van der Waals surface area contributed by atoms with Gasteiger partial charge < -0.3 is 0 Å². The Hall–Kier alpha value is -1.89. The Kier molecular flexibility index (Phi) is 3.21. The molecule has 0 amide bonds. The Morgan fingerprint density at radius 1 is 1.15 bits per heavy atom. The Labute approximate surface area is 117 Å². The molecule has 3 rings (SSSR count). The molecule has 0 spiro atoms. The molecule has 2 aromatic rings. The van der Waals surface area contributed by atoms with Crippen molar-refractivity contribution in [3.8, 4) is 0 Å². The van der Waals surface area contributed by atoms with Crippen molar-refractivity contribution in [2.24, 2.45) is 5.16 Å². The first-order valence-corrected chi connectivity index (χ1v) is 6.52. The lowest BCUT2D eigenvalue weighted by molar-refractivity contribution is -0.138. The lowest BCUT2D eigenvalue weighted by atomic mass is 9.98. The molecule has 0 saturated carbocycles. The Balaban J connectivity index is 2.11. The highest BCUT2D eigenvalue weighted by Crippen LogP contribution is 2.35. The number of nitrogens with zero attached hydrogens (tertiary/aromatic N) is 1. The molecule has 3 nitrogen and oxygen atoms in total.